The molecule has 0 fully saturated rings. The minimum atomic E-state index is 0.271. The van der Waals surface area contributed by atoms with Gasteiger partial charge in [-0.3, -0.25) is 0 Å². The van der Waals surface area contributed by atoms with Crippen molar-refractivity contribution in [3.63, 3.8) is 0 Å². The molecule has 0 N–H and O–H groups in total. The summed E-state index contributed by atoms with van der Waals surface area (Å²) in [4.78, 5) is 11.7. The monoisotopic (exact) mass is 331 g/mol. The number of aromatic nitrogens is 2. The molecular weight excluding hydrogens is 322 g/mol. The summed E-state index contributed by atoms with van der Waals surface area (Å²) in [6, 6.07) is 4.17. The van der Waals surface area contributed by atoms with Crippen LogP contribution in [0, 0.1) is 0 Å². The number of halogens is 2. The van der Waals surface area contributed by atoms with E-state index in [2.05, 4.69) is 55.2 Å². The topological polar surface area (TPSA) is 29.0 Å². The van der Waals surface area contributed by atoms with Crippen molar-refractivity contribution in [1.82, 2.24) is 9.97 Å². The third-order valence-electron chi connectivity index (χ3n) is 2.30. The van der Waals surface area contributed by atoms with Crippen LogP contribution in [0.15, 0.2) is 28.2 Å². The molecule has 2 aromatic rings. The molecule has 0 unspecified atom stereocenters. The minimum absolute atomic E-state index is 0.271. The Morgan fingerprint density at radius 1 is 1.53 bits per heavy atom. The van der Waals surface area contributed by atoms with E-state index in [1.54, 1.807) is 17.5 Å². The highest BCUT2D eigenvalue weighted by molar-refractivity contribution is 9.10. The van der Waals surface area contributed by atoms with Crippen LogP contribution in [0.4, 0.5) is 5.82 Å². The molecule has 2 aromatic heterocycles. The van der Waals surface area contributed by atoms with Crippen LogP contribution in [0.25, 0.3) is 0 Å². The van der Waals surface area contributed by atoms with Crippen molar-refractivity contribution in [3.8, 4) is 0 Å². The summed E-state index contributed by atoms with van der Waals surface area (Å²) in [6.45, 7) is 3.79. The number of hydrogen-bond acceptors (Lipinski definition) is 4. The Kier molecular flexibility index (Phi) is 4.36. The summed E-state index contributed by atoms with van der Waals surface area (Å²) < 4.78 is 0.861. The Morgan fingerprint density at radius 2 is 2.35 bits per heavy atom. The number of thiophene rings is 1. The fourth-order valence-electron chi connectivity index (χ4n) is 1.49. The summed E-state index contributed by atoms with van der Waals surface area (Å²) in [5.74, 6) is 0.834. The van der Waals surface area contributed by atoms with Crippen molar-refractivity contribution in [2.24, 2.45) is 0 Å². The zero-order valence-electron chi connectivity index (χ0n) is 9.23. The van der Waals surface area contributed by atoms with Gasteiger partial charge in [0.25, 0.3) is 0 Å². The molecule has 0 saturated heterocycles. The summed E-state index contributed by atoms with van der Waals surface area (Å²) in [7, 11) is 0. The molecule has 0 atom stereocenters. The lowest BCUT2D eigenvalue weighted by Gasteiger charge is -2.22. The average Bonchev–Trinajstić information content (AvgIpc) is 2.82. The van der Waals surface area contributed by atoms with E-state index in [0.717, 1.165) is 23.4 Å². The summed E-state index contributed by atoms with van der Waals surface area (Å²) in [6.07, 6.45) is 1.68. The Morgan fingerprint density at radius 3 is 3.00 bits per heavy atom. The van der Waals surface area contributed by atoms with E-state index in [1.807, 2.05) is 0 Å². The van der Waals surface area contributed by atoms with Crippen LogP contribution in [-0.2, 0) is 6.54 Å². The molecule has 0 aliphatic rings. The molecule has 0 radical (unpaired) electrons. The lowest BCUT2D eigenvalue weighted by molar-refractivity contribution is 0.816. The molecule has 0 aromatic carbocycles. The first kappa shape index (κ1) is 12.8. The number of hydrogen-bond donors (Lipinski definition) is 0. The summed E-state index contributed by atoms with van der Waals surface area (Å²) >= 11 is 11.0. The van der Waals surface area contributed by atoms with Gasteiger partial charge in [-0.25, -0.2) is 4.98 Å². The van der Waals surface area contributed by atoms with Crippen molar-refractivity contribution in [1.29, 1.82) is 0 Å². The summed E-state index contributed by atoms with van der Waals surface area (Å²) in [5, 5.41) is 2.35. The maximum atomic E-state index is 5.83. The lowest BCUT2D eigenvalue weighted by Crippen LogP contribution is -2.23. The Balaban J connectivity index is 2.25. The van der Waals surface area contributed by atoms with E-state index < -0.39 is 0 Å². The van der Waals surface area contributed by atoms with Gasteiger partial charge in [0.05, 0.1) is 11.0 Å². The Bertz CT molecular complexity index is 489. The maximum absolute atomic E-state index is 5.83. The van der Waals surface area contributed by atoms with Gasteiger partial charge < -0.3 is 4.90 Å². The molecule has 0 amide bonds. The first-order valence-corrected chi connectivity index (χ1v) is 7.21. The lowest BCUT2D eigenvalue weighted by atomic mass is 10.4. The first-order valence-electron chi connectivity index (χ1n) is 5.16. The third-order valence-corrected chi connectivity index (χ3v) is 3.91. The van der Waals surface area contributed by atoms with E-state index in [1.165, 1.54) is 4.88 Å². The second-order valence-electron chi connectivity index (χ2n) is 3.40. The highest BCUT2D eigenvalue weighted by Gasteiger charge is 2.12. The van der Waals surface area contributed by atoms with Gasteiger partial charge in [-0.05, 0) is 45.9 Å². The van der Waals surface area contributed by atoms with Crippen LogP contribution < -0.4 is 4.90 Å². The van der Waals surface area contributed by atoms with Crippen LogP contribution in [0.2, 0.25) is 5.28 Å². The van der Waals surface area contributed by atoms with Gasteiger partial charge in [0.15, 0.2) is 0 Å². The highest BCUT2D eigenvalue weighted by atomic mass is 79.9. The molecule has 0 spiro atoms. The Hall–Kier alpha value is -0.650. The van der Waals surface area contributed by atoms with Crippen LogP contribution in [0.1, 0.15) is 11.8 Å². The molecular formula is C11H11BrClN3S. The number of rotatable bonds is 4. The molecule has 0 aliphatic carbocycles. The van der Waals surface area contributed by atoms with Gasteiger partial charge in [0, 0.05) is 17.6 Å². The molecule has 0 aliphatic heterocycles. The smallest absolute Gasteiger partial charge is 0.224 e. The molecule has 2 heterocycles. The predicted octanol–water partition coefficient (Wildman–Crippen LogP) is 3.98. The second kappa shape index (κ2) is 5.80. The van der Waals surface area contributed by atoms with Crippen LogP contribution in [0.3, 0.4) is 0 Å². The van der Waals surface area contributed by atoms with Gasteiger partial charge >= 0.3 is 0 Å². The number of anilines is 1. The van der Waals surface area contributed by atoms with Crippen LogP contribution >= 0.6 is 38.9 Å². The fraction of sp³-hybridized carbons (Fsp3) is 0.273. The molecule has 2 rings (SSSR count). The van der Waals surface area contributed by atoms with E-state index in [-0.39, 0.29) is 5.28 Å². The zero-order chi connectivity index (χ0) is 12.3. The van der Waals surface area contributed by atoms with E-state index >= 15 is 0 Å². The van der Waals surface area contributed by atoms with Crippen molar-refractivity contribution in [2.45, 2.75) is 13.5 Å². The molecule has 0 saturated carbocycles. The summed E-state index contributed by atoms with van der Waals surface area (Å²) in [5.41, 5.74) is 0. The van der Waals surface area contributed by atoms with Gasteiger partial charge in [0.2, 0.25) is 5.28 Å². The molecule has 6 heteroatoms. The van der Waals surface area contributed by atoms with Crippen molar-refractivity contribution in [2.75, 3.05) is 11.4 Å². The van der Waals surface area contributed by atoms with Gasteiger partial charge in [0.1, 0.15) is 5.82 Å². The van der Waals surface area contributed by atoms with E-state index in [9.17, 15) is 0 Å². The van der Waals surface area contributed by atoms with Gasteiger partial charge in [-0.2, -0.15) is 4.98 Å². The van der Waals surface area contributed by atoms with Crippen LogP contribution in [-0.4, -0.2) is 16.5 Å². The van der Waals surface area contributed by atoms with Crippen LogP contribution in [0.5, 0.6) is 0 Å². The fourth-order valence-corrected chi connectivity index (χ4v) is 2.78. The first-order chi connectivity index (χ1) is 8.20. The average molecular weight is 333 g/mol. The largest absolute Gasteiger partial charge is 0.351 e. The van der Waals surface area contributed by atoms with Gasteiger partial charge in [-0.15, -0.1) is 11.3 Å². The third kappa shape index (κ3) is 3.18. The minimum Gasteiger partial charge on any atom is -0.351 e. The molecule has 90 valence electrons. The van der Waals surface area contributed by atoms with Gasteiger partial charge in [-0.1, -0.05) is 6.07 Å². The van der Waals surface area contributed by atoms with E-state index in [0.29, 0.717) is 0 Å². The highest BCUT2D eigenvalue weighted by Crippen LogP contribution is 2.26. The second-order valence-corrected chi connectivity index (χ2v) is 5.63. The van der Waals surface area contributed by atoms with E-state index in [4.69, 9.17) is 11.6 Å². The molecule has 17 heavy (non-hydrogen) atoms. The SMILES string of the molecule is CCN(Cc1cccs1)c1nc(Cl)ncc1Br. The quantitative estimate of drug-likeness (QED) is 0.793. The Labute approximate surface area is 118 Å². The van der Waals surface area contributed by atoms with Crippen molar-refractivity contribution in [3.05, 3.63) is 38.3 Å². The van der Waals surface area contributed by atoms with Crippen molar-refractivity contribution >= 4 is 44.7 Å². The normalized spacial score (nSPS) is 10.5. The molecule has 0 bridgehead atoms. The predicted molar refractivity (Wildman–Crippen MR) is 75.8 cm³/mol. The zero-order valence-corrected chi connectivity index (χ0v) is 12.4. The molecule has 3 nitrogen and oxygen atoms in total. The standard InChI is InChI=1S/C11H11BrClN3S/c1-2-16(7-8-4-3-5-17-8)10-9(12)6-14-11(13)15-10/h3-6H,2,7H2,1H3. The maximum Gasteiger partial charge on any atom is 0.224 e. The number of nitrogens with zero attached hydrogens (tertiary/aromatic N) is 3. The van der Waals surface area contributed by atoms with Crippen molar-refractivity contribution < 1.29 is 0 Å².